The maximum atomic E-state index is 5.40. The first-order valence-corrected chi connectivity index (χ1v) is 7.80. The average molecular weight is 274 g/mol. The summed E-state index contributed by atoms with van der Waals surface area (Å²) in [6, 6.07) is 11.2. The van der Waals surface area contributed by atoms with E-state index in [1.807, 2.05) is 0 Å². The summed E-state index contributed by atoms with van der Waals surface area (Å²) in [5, 5.41) is 7.70. The molecule has 2 N–H and O–H groups in total. The Morgan fingerprint density at radius 2 is 2.00 bits per heavy atom. The molecule has 2 aliphatic rings. The Morgan fingerprint density at radius 1 is 1.16 bits per heavy atom. The zero-order valence-corrected chi connectivity index (χ0v) is 12.1. The van der Waals surface area contributed by atoms with E-state index in [4.69, 9.17) is 12.2 Å². The van der Waals surface area contributed by atoms with Crippen LogP contribution in [0, 0.1) is 11.8 Å². The summed E-state index contributed by atoms with van der Waals surface area (Å²) in [7, 11) is 0. The van der Waals surface area contributed by atoms with Gasteiger partial charge in [0, 0.05) is 12.6 Å². The average Bonchev–Trinajstić information content (AvgIpc) is 3.02. The molecule has 0 spiro atoms. The predicted octanol–water partition coefficient (Wildman–Crippen LogP) is 2.88. The van der Waals surface area contributed by atoms with Gasteiger partial charge in [-0.3, -0.25) is 0 Å². The molecule has 0 heterocycles. The number of thiocarbonyl (C=S) groups is 1. The summed E-state index contributed by atoms with van der Waals surface area (Å²) in [5.74, 6) is 1.84. The van der Waals surface area contributed by atoms with E-state index in [0.717, 1.165) is 29.9 Å². The van der Waals surface area contributed by atoms with Gasteiger partial charge >= 0.3 is 0 Å². The lowest BCUT2D eigenvalue weighted by atomic mass is 9.96. The van der Waals surface area contributed by atoms with Crippen molar-refractivity contribution in [3.8, 4) is 0 Å². The van der Waals surface area contributed by atoms with E-state index in [0.29, 0.717) is 6.04 Å². The molecule has 2 nitrogen and oxygen atoms in total. The molecule has 2 saturated carbocycles. The summed E-state index contributed by atoms with van der Waals surface area (Å²) >= 11 is 5.40. The first-order valence-electron chi connectivity index (χ1n) is 7.39. The topological polar surface area (TPSA) is 24.1 Å². The zero-order chi connectivity index (χ0) is 13.1. The number of fused-ring (bicyclic) bond motifs is 2. The van der Waals surface area contributed by atoms with Crippen molar-refractivity contribution in [2.75, 3.05) is 6.54 Å². The summed E-state index contributed by atoms with van der Waals surface area (Å²) < 4.78 is 0. The Hall–Kier alpha value is -1.09. The van der Waals surface area contributed by atoms with E-state index < -0.39 is 0 Å². The van der Waals surface area contributed by atoms with Gasteiger partial charge in [-0.1, -0.05) is 36.8 Å². The molecule has 2 bridgehead atoms. The van der Waals surface area contributed by atoms with Gasteiger partial charge in [0.25, 0.3) is 0 Å². The molecule has 0 aliphatic heterocycles. The lowest BCUT2D eigenvalue weighted by Gasteiger charge is -2.24. The van der Waals surface area contributed by atoms with Gasteiger partial charge in [0.15, 0.2) is 5.11 Å². The standard InChI is InChI=1S/C16H22N2S/c19-16(17-9-8-12-4-2-1-3-5-12)18-15-11-13-6-7-14(15)10-13/h1-5,13-15H,6-11H2,(H2,17,18,19)/t13-,14-,15-/m1/s1. The summed E-state index contributed by atoms with van der Waals surface area (Å²) in [6.07, 6.45) is 6.61. The molecule has 102 valence electrons. The molecule has 1 aromatic carbocycles. The molecule has 0 aromatic heterocycles. The molecule has 3 rings (SSSR count). The third kappa shape index (κ3) is 3.27. The van der Waals surface area contributed by atoms with Gasteiger partial charge in [-0.25, -0.2) is 0 Å². The van der Waals surface area contributed by atoms with Gasteiger partial charge in [-0.15, -0.1) is 0 Å². The Morgan fingerprint density at radius 3 is 2.68 bits per heavy atom. The Balaban J connectivity index is 1.38. The minimum atomic E-state index is 0.635. The van der Waals surface area contributed by atoms with Crippen molar-refractivity contribution in [3.63, 3.8) is 0 Å². The van der Waals surface area contributed by atoms with Crippen molar-refractivity contribution in [1.29, 1.82) is 0 Å². The quantitative estimate of drug-likeness (QED) is 0.826. The highest BCUT2D eigenvalue weighted by Gasteiger charge is 2.39. The summed E-state index contributed by atoms with van der Waals surface area (Å²) in [4.78, 5) is 0. The highest BCUT2D eigenvalue weighted by atomic mass is 32.1. The van der Waals surface area contributed by atoms with Crippen LogP contribution in [-0.2, 0) is 6.42 Å². The second kappa shape index (κ2) is 5.91. The molecule has 3 atom stereocenters. The third-order valence-corrected chi connectivity index (χ3v) is 4.86. The van der Waals surface area contributed by atoms with Gasteiger partial charge < -0.3 is 10.6 Å². The van der Waals surface area contributed by atoms with E-state index >= 15 is 0 Å². The molecular formula is C16H22N2S. The Kier molecular flexibility index (Phi) is 4.02. The van der Waals surface area contributed by atoms with Crippen molar-refractivity contribution < 1.29 is 0 Å². The highest BCUT2D eigenvalue weighted by molar-refractivity contribution is 7.80. The summed E-state index contributed by atoms with van der Waals surface area (Å²) in [6.45, 7) is 0.913. The minimum Gasteiger partial charge on any atom is -0.362 e. The number of hydrogen-bond donors (Lipinski definition) is 2. The Bertz CT molecular complexity index is 432. The van der Waals surface area contributed by atoms with Gasteiger partial charge in [-0.05, 0) is 55.3 Å². The van der Waals surface area contributed by atoms with Crippen LogP contribution in [-0.4, -0.2) is 17.7 Å². The van der Waals surface area contributed by atoms with Crippen molar-refractivity contribution in [1.82, 2.24) is 10.6 Å². The fraction of sp³-hybridized carbons (Fsp3) is 0.562. The number of nitrogens with one attached hydrogen (secondary N) is 2. The lowest BCUT2D eigenvalue weighted by molar-refractivity contribution is 0.389. The van der Waals surface area contributed by atoms with Crippen LogP contribution in [0.1, 0.15) is 31.2 Å². The van der Waals surface area contributed by atoms with Gasteiger partial charge in [0.1, 0.15) is 0 Å². The normalized spacial score (nSPS) is 28.3. The van der Waals surface area contributed by atoms with E-state index in [1.54, 1.807) is 0 Å². The monoisotopic (exact) mass is 274 g/mol. The molecule has 2 fully saturated rings. The predicted molar refractivity (Wildman–Crippen MR) is 83.1 cm³/mol. The SMILES string of the molecule is S=C(NCCc1ccccc1)N[C@@H]1C[C@@H]2CC[C@@H]1C2. The molecule has 0 saturated heterocycles. The number of hydrogen-bond acceptors (Lipinski definition) is 1. The smallest absolute Gasteiger partial charge is 0.166 e. The molecular weight excluding hydrogens is 252 g/mol. The van der Waals surface area contributed by atoms with Gasteiger partial charge in [-0.2, -0.15) is 0 Å². The number of rotatable bonds is 4. The first kappa shape index (κ1) is 12.9. The Labute approximate surface area is 121 Å². The molecule has 0 radical (unpaired) electrons. The van der Waals surface area contributed by atoms with Crippen LogP contribution in [0.25, 0.3) is 0 Å². The van der Waals surface area contributed by atoms with Crippen LogP contribution in [0.15, 0.2) is 30.3 Å². The fourth-order valence-corrected chi connectivity index (χ4v) is 3.86. The van der Waals surface area contributed by atoms with Crippen LogP contribution in [0.2, 0.25) is 0 Å². The minimum absolute atomic E-state index is 0.635. The van der Waals surface area contributed by atoms with Crippen molar-refractivity contribution >= 4 is 17.3 Å². The van der Waals surface area contributed by atoms with E-state index in [-0.39, 0.29) is 0 Å². The second-order valence-electron chi connectivity index (χ2n) is 5.92. The first-order chi connectivity index (χ1) is 9.31. The summed E-state index contributed by atoms with van der Waals surface area (Å²) in [5.41, 5.74) is 1.36. The molecule has 19 heavy (non-hydrogen) atoms. The second-order valence-corrected chi connectivity index (χ2v) is 6.33. The highest BCUT2D eigenvalue weighted by Crippen LogP contribution is 2.44. The van der Waals surface area contributed by atoms with Gasteiger partial charge in [0.2, 0.25) is 0 Å². The van der Waals surface area contributed by atoms with Crippen molar-refractivity contribution in [2.45, 2.75) is 38.1 Å². The van der Waals surface area contributed by atoms with Crippen molar-refractivity contribution in [2.24, 2.45) is 11.8 Å². The van der Waals surface area contributed by atoms with E-state index in [2.05, 4.69) is 41.0 Å². The maximum absolute atomic E-state index is 5.40. The molecule has 1 aromatic rings. The van der Waals surface area contributed by atoms with Crippen LogP contribution in [0.4, 0.5) is 0 Å². The third-order valence-electron chi connectivity index (χ3n) is 4.60. The molecule has 0 amide bonds. The number of benzene rings is 1. The largest absolute Gasteiger partial charge is 0.362 e. The van der Waals surface area contributed by atoms with Gasteiger partial charge in [0.05, 0.1) is 0 Å². The van der Waals surface area contributed by atoms with Crippen molar-refractivity contribution in [3.05, 3.63) is 35.9 Å². The molecule has 3 heteroatoms. The fourth-order valence-electron chi connectivity index (χ4n) is 3.61. The van der Waals surface area contributed by atoms with Crippen LogP contribution in [0.5, 0.6) is 0 Å². The molecule has 2 aliphatic carbocycles. The van der Waals surface area contributed by atoms with Crippen LogP contribution < -0.4 is 10.6 Å². The van der Waals surface area contributed by atoms with E-state index in [1.165, 1.54) is 31.2 Å². The molecule has 0 unspecified atom stereocenters. The van der Waals surface area contributed by atoms with Crippen LogP contribution >= 0.6 is 12.2 Å². The maximum Gasteiger partial charge on any atom is 0.166 e. The van der Waals surface area contributed by atoms with Crippen LogP contribution in [0.3, 0.4) is 0 Å². The zero-order valence-electron chi connectivity index (χ0n) is 11.3. The lowest BCUT2D eigenvalue weighted by Crippen LogP contribution is -2.44. The van der Waals surface area contributed by atoms with E-state index in [9.17, 15) is 0 Å².